The van der Waals surface area contributed by atoms with Gasteiger partial charge in [-0.2, -0.15) is 13.2 Å². The molecule has 0 fully saturated rings. The van der Waals surface area contributed by atoms with Crippen LogP contribution >= 0.6 is 0 Å². The number of nitrogens with one attached hydrogen (secondary N) is 2. The highest BCUT2D eigenvalue weighted by atomic mass is 19.4. The zero-order chi connectivity index (χ0) is 15.8. The van der Waals surface area contributed by atoms with Crippen molar-refractivity contribution in [2.75, 3.05) is 23.8 Å². The second kappa shape index (κ2) is 5.55. The van der Waals surface area contributed by atoms with Crippen molar-refractivity contribution in [3.8, 4) is 0 Å². The molecule has 0 aromatic heterocycles. The zero-order valence-corrected chi connectivity index (χ0v) is 12.1. The first-order chi connectivity index (χ1) is 9.73. The largest absolute Gasteiger partial charge is 0.405 e. The second-order valence-corrected chi connectivity index (χ2v) is 5.32. The van der Waals surface area contributed by atoms with E-state index in [0.29, 0.717) is 11.4 Å². The van der Waals surface area contributed by atoms with Crippen LogP contribution in [0.5, 0.6) is 0 Å². The quantitative estimate of drug-likeness (QED) is 0.898. The number of likely N-dealkylation sites (N-methyl/N-ethyl adjacent to an activating group) is 1. The van der Waals surface area contributed by atoms with Crippen LogP contribution in [0.4, 0.5) is 24.5 Å². The lowest BCUT2D eigenvalue weighted by Crippen LogP contribution is -2.39. The molecule has 1 amide bonds. The van der Waals surface area contributed by atoms with Gasteiger partial charge in [0.15, 0.2) is 0 Å². The first kappa shape index (κ1) is 15.6. The third-order valence-electron chi connectivity index (χ3n) is 3.46. The van der Waals surface area contributed by atoms with Crippen molar-refractivity contribution >= 4 is 17.3 Å². The van der Waals surface area contributed by atoms with E-state index in [1.54, 1.807) is 39.1 Å². The number of halogens is 3. The van der Waals surface area contributed by atoms with Gasteiger partial charge in [0.1, 0.15) is 12.6 Å². The molecule has 116 valence electrons. The van der Waals surface area contributed by atoms with Crippen molar-refractivity contribution in [3.05, 3.63) is 23.8 Å². The maximum absolute atomic E-state index is 12.7. The van der Waals surface area contributed by atoms with E-state index < -0.39 is 18.8 Å². The van der Waals surface area contributed by atoms with E-state index in [1.165, 1.54) is 4.90 Å². The van der Waals surface area contributed by atoms with Gasteiger partial charge in [-0.3, -0.25) is 4.79 Å². The number of amides is 1. The Kier molecular flexibility index (Phi) is 4.13. The predicted molar refractivity (Wildman–Crippen MR) is 75.4 cm³/mol. The normalized spacial score (nSPS) is 17.9. The summed E-state index contributed by atoms with van der Waals surface area (Å²) < 4.78 is 38.0. The van der Waals surface area contributed by atoms with Crippen LogP contribution in [0.15, 0.2) is 18.2 Å². The summed E-state index contributed by atoms with van der Waals surface area (Å²) in [6, 6.07) is 4.15. The van der Waals surface area contributed by atoms with Gasteiger partial charge in [0.05, 0.1) is 0 Å². The van der Waals surface area contributed by atoms with Crippen molar-refractivity contribution < 1.29 is 18.0 Å². The molecule has 0 saturated carbocycles. The molecule has 0 bridgehead atoms. The molecule has 1 aromatic rings. The van der Waals surface area contributed by atoms with E-state index in [4.69, 9.17) is 0 Å². The third-order valence-corrected chi connectivity index (χ3v) is 3.46. The lowest BCUT2D eigenvalue weighted by Gasteiger charge is -2.30. The molecule has 0 aliphatic carbocycles. The molecule has 4 nitrogen and oxygen atoms in total. The van der Waals surface area contributed by atoms with E-state index in [9.17, 15) is 18.0 Å². The number of hydrogen-bond donors (Lipinski definition) is 2. The lowest BCUT2D eigenvalue weighted by molar-refractivity contribution is -0.120. The van der Waals surface area contributed by atoms with E-state index in [0.717, 1.165) is 5.56 Å². The standard InChI is InChI=1S/C14H18F3N3O/c1-8(2)20(7-14(15,16)17)9-4-5-10-11(6-9)19-13(21)12(10)18-3/h4-6,8,12,18H,7H2,1-3H3,(H,19,21). The monoisotopic (exact) mass is 301 g/mol. The molecule has 21 heavy (non-hydrogen) atoms. The number of nitrogens with zero attached hydrogens (tertiary/aromatic N) is 1. The van der Waals surface area contributed by atoms with E-state index in [2.05, 4.69) is 10.6 Å². The van der Waals surface area contributed by atoms with Gasteiger partial charge >= 0.3 is 6.18 Å². The number of hydrogen-bond acceptors (Lipinski definition) is 3. The summed E-state index contributed by atoms with van der Waals surface area (Å²) in [5.74, 6) is -0.198. The van der Waals surface area contributed by atoms with Gasteiger partial charge in [-0.15, -0.1) is 0 Å². The predicted octanol–water partition coefficient (Wildman–Crippen LogP) is 2.68. The Bertz CT molecular complexity index is 543. The van der Waals surface area contributed by atoms with Crippen molar-refractivity contribution in [1.82, 2.24) is 5.32 Å². The van der Waals surface area contributed by atoms with Crippen molar-refractivity contribution in [2.45, 2.75) is 32.1 Å². The topological polar surface area (TPSA) is 44.4 Å². The molecule has 0 saturated heterocycles. The number of alkyl halides is 3. The molecule has 1 atom stereocenters. The summed E-state index contributed by atoms with van der Waals surface area (Å²) in [5.41, 5.74) is 1.75. The van der Waals surface area contributed by atoms with Crippen LogP contribution in [0.1, 0.15) is 25.5 Å². The van der Waals surface area contributed by atoms with Gasteiger partial charge in [-0.05, 0) is 33.0 Å². The molecule has 0 radical (unpaired) electrons. The minimum Gasteiger partial charge on any atom is -0.360 e. The van der Waals surface area contributed by atoms with Crippen molar-refractivity contribution in [2.24, 2.45) is 0 Å². The van der Waals surface area contributed by atoms with Crippen LogP contribution in [0, 0.1) is 0 Å². The van der Waals surface area contributed by atoms with Crippen LogP contribution in [-0.2, 0) is 4.79 Å². The summed E-state index contributed by atoms with van der Waals surface area (Å²) in [6.07, 6.45) is -4.28. The molecule has 0 spiro atoms. The average Bonchev–Trinajstić information content (AvgIpc) is 2.68. The van der Waals surface area contributed by atoms with Crippen LogP contribution in [0.3, 0.4) is 0 Å². The maximum atomic E-state index is 12.7. The summed E-state index contributed by atoms with van der Waals surface area (Å²) in [5, 5.41) is 5.56. The average molecular weight is 301 g/mol. The molecule has 1 unspecified atom stereocenters. The Morgan fingerprint density at radius 3 is 2.57 bits per heavy atom. The molecule has 7 heteroatoms. The van der Waals surface area contributed by atoms with Crippen molar-refractivity contribution in [3.63, 3.8) is 0 Å². The first-order valence-electron chi connectivity index (χ1n) is 6.68. The summed E-state index contributed by atoms with van der Waals surface area (Å²) in [7, 11) is 1.66. The Hall–Kier alpha value is -1.76. The SMILES string of the molecule is CNC1C(=O)Nc2cc(N(CC(F)(F)F)C(C)C)ccc21. The van der Waals surface area contributed by atoms with Gasteiger partial charge in [-0.25, -0.2) is 0 Å². The molecule has 2 rings (SSSR count). The molecule has 1 heterocycles. The molecular formula is C14H18F3N3O. The number of carbonyl (C=O) groups excluding carboxylic acids is 1. The van der Waals surface area contributed by atoms with Gasteiger partial charge < -0.3 is 15.5 Å². The highest BCUT2D eigenvalue weighted by Gasteiger charge is 2.34. The fourth-order valence-electron chi connectivity index (χ4n) is 2.48. The molecule has 1 aliphatic heterocycles. The van der Waals surface area contributed by atoms with E-state index >= 15 is 0 Å². The van der Waals surface area contributed by atoms with E-state index in [-0.39, 0.29) is 11.9 Å². The lowest BCUT2D eigenvalue weighted by atomic mass is 10.1. The number of carbonyl (C=O) groups is 1. The smallest absolute Gasteiger partial charge is 0.360 e. The zero-order valence-electron chi connectivity index (χ0n) is 12.1. The highest BCUT2D eigenvalue weighted by Crippen LogP contribution is 2.35. The Labute approximate surface area is 121 Å². The van der Waals surface area contributed by atoms with Crippen LogP contribution < -0.4 is 15.5 Å². The van der Waals surface area contributed by atoms with Gasteiger partial charge in [-0.1, -0.05) is 6.07 Å². The fraction of sp³-hybridized carbons (Fsp3) is 0.500. The number of rotatable bonds is 4. The maximum Gasteiger partial charge on any atom is 0.405 e. The van der Waals surface area contributed by atoms with Crippen LogP contribution in [0.25, 0.3) is 0 Å². The summed E-state index contributed by atoms with van der Waals surface area (Å²) in [6.45, 7) is 2.38. The number of fused-ring (bicyclic) bond motifs is 1. The summed E-state index contributed by atoms with van der Waals surface area (Å²) in [4.78, 5) is 13.0. The first-order valence-corrected chi connectivity index (χ1v) is 6.68. The van der Waals surface area contributed by atoms with Crippen LogP contribution in [0.2, 0.25) is 0 Å². The van der Waals surface area contributed by atoms with Gasteiger partial charge in [0.2, 0.25) is 5.91 Å². The molecular weight excluding hydrogens is 283 g/mol. The Morgan fingerprint density at radius 2 is 2.05 bits per heavy atom. The Balaban J connectivity index is 2.33. The van der Waals surface area contributed by atoms with E-state index in [1.807, 2.05) is 0 Å². The van der Waals surface area contributed by atoms with Gasteiger partial charge in [0, 0.05) is 23.0 Å². The fourth-order valence-corrected chi connectivity index (χ4v) is 2.48. The molecule has 1 aromatic carbocycles. The highest BCUT2D eigenvalue weighted by molar-refractivity contribution is 6.03. The number of anilines is 2. The third kappa shape index (κ3) is 3.29. The van der Waals surface area contributed by atoms with Gasteiger partial charge in [0.25, 0.3) is 0 Å². The number of benzene rings is 1. The Morgan fingerprint density at radius 1 is 1.38 bits per heavy atom. The minimum absolute atomic E-state index is 0.198. The second-order valence-electron chi connectivity index (χ2n) is 5.32. The van der Waals surface area contributed by atoms with Crippen LogP contribution in [-0.4, -0.2) is 31.7 Å². The summed E-state index contributed by atoms with van der Waals surface area (Å²) >= 11 is 0. The minimum atomic E-state index is -4.28. The van der Waals surface area contributed by atoms with Crippen molar-refractivity contribution in [1.29, 1.82) is 0 Å². The molecule has 1 aliphatic rings. The molecule has 2 N–H and O–H groups in total.